The van der Waals surface area contributed by atoms with E-state index in [4.69, 9.17) is 0 Å². The number of sulfonamides is 1. The van der Waals surface area contributed by atoms with Crippen molar-refractivity contribution in [3.8, 4) is 0 Å². The van der Waals surface area contributed by atoms with Crippen LogP contribution in [0.5, 0.6) is 0 Å². The van der Waals surface area contributed by atoms with E-state index in [9.17, 15) is 13.2 Å². The van der Waals surface area contributed by atoms with Crippen LogP contribution in [0.1, 0.15) is 18.4 Å². The number of carbonyl (C=O) groups excluding carboxylic acids is 1. The summed E-state index contributed by atoms with van der Waals surface area (Å²) in [6.07, 6.45) is 3.08. The van der Waals surface area contributed by atoms with Gasteiger partial charge in [0.15, 0.2) is 0 Å². The number of carbonyl (C=O) groups is 1. The van der Waals surface area contributed by atoms with Gasteiger partial charge >= 0.3 is 0 Å². The first-order valence-corrected chi connectivity index (χ1v) is 9.81. The number of rotatable bonds is 3. The summed E-state index contributed by atoms with van der Waals surface area (Å²) < 4.78 is 27.8. The minimum Gasteiger partial charge on any atom is -0.349 e. The lowest BCUT2D eigenvalue weighted by atomic mass is 9.98. The molecule has 1 aliphatic heterocycles. The molecule has 1 aromatic carbocycles. The molecular formula is C18H23N3O3S. The molecule has 1 aromatic heterocycles. The Hall–Kier alpha value is -1.99. The zero-order valence-electron chi connectivity index (χ0n) is 14.8. The number of hydrogen-bond acceptors (Lipinski definition) is 4. The molecule has 2 aromatic rings. The number of hydrogen-bond donors (Lipinski definition) is 0. The van der Waals surface area contributed by atoms with Gasteiger partial charge in [-0.25, -0.2) is 8.42 Å². The Bertz CT molecular complexity index is 909. The van der Waals surface area contributed by atoms with Gasteiger partial charge in [0.25, 0.3) is 0 Å². The van der Waals surface area contributed by atoms with E-state index < -0.39 is 10.0 Å². The molecule has 1 fully saturated rings. The highest BCUT2D eigenvalue weighted by atomic mass is 32.2. The maximum absolute atomic E-state index is 13.2. The second kappa shape index (κ2) is 6.72. The molecule has 3 rings (SSSR count). The average molecular weight is 361 g/mol. The summed E-state index contributed by atoms with van der Waals surface area (Å²) in [6.45, 7) is 2.58. The van der Waals surface area contributed by atoms with Crippen LogP contribution in [-0.4, -0.2) is 55.7 Å². The summed E-state index contributed by atoms with van der Waals surface area (Å²) in [7, 11) is -0.291. The topological polar surface area (TPSA) is 70.6 Å². The minimum atomic E-state index is -3.69. The summed E-state index contributed by atoms with van der Waals surface area (Å²) in [5, 5.41) is 0.805. The molecule has 134 valence electrons. The van der Waals surface area contributed by atoms with Gasteiger partial charge in [0, 0.05) is 38.8 Å². The molecule has 25 heavy (non-hydrogen) atoms. The quantitative estimate of drug-likeness (QED) is 0.839. The molecule has 0 spiro atoms. The predicted octanol–water partition coefficient (Wildman–Crippen LogP) is 2.03. The Balaban J connectivity index is 1.98. The fraction of sp³-hybridized carbons (Fsp3) is 0.444. The van der Waals surface area contributed by atoms with E-state index >= 15 is 0 Å². The highest BCUT2D eigenvalue weighted by Gasteiger charge is 2.34. The van der Waals surface area contributed by atoms with E-state index in [1.54, 1.807) is 32.4 Å². The van der Waals surface area contributed by atoms with Crippen molar-refractivity contribution < 1.29 is 13.2 Å². The van der Waals surface area contributed by atoms with Crippen molar-refractivity contribution in [1.29, 1.82) is 0 Å². The molecule has 1 atom stereocenters. The normalized spacial score (nSPS) is 19.1. The summed E-state index contributed by atoms with van der Waals surface area (Å²) in [6, 6.07) is 7.12. The summed E-state index contributed by atoms with van der Waals surface area (Å²) >= 11 is 0. The molecule has 1 amide bonds. The largest absolute Gasteiger partial charge is 0.349 e. The zero-order valence-corrected chi connectivity index (χ0v) is 15.6. The molecule has 0 N–H and O–H groups in total. The Labute approximate surface area is 148 Å². The number of piperidine rings is 1. The van der Waals surface area contributed by atoms with E-state index in [0.29, 0.717) is 18.5 Å². The number of nitrogens with zero attached hydrogens (tertiary/aromatic N) is 3. The van der Waals surface area contributed by atoms with Gasteiger partial charge in [-0.1, -0.05) is 12.1 Å². The molecule has 0 bridgehead atoms. The fourth-order valence-corrected chi connectivity index (χ4v) is 5.01. The molecule has 2 heterocycles. The Morgan fingerprint density at radius 3 is 2.80 bits per heavy atom. The third-order valence-electron chi connectivity index (χ3n) is 4.60. The van der Waals surface area contributed by atoms with E-state index in [-0.39, 0.29) is 23.3 Å². The number of aromatic nitrogens is 1. The molecule has 1 aliphatic rings. The van der Waals surface area contributed by atoms with E-state index in [0.717, 1.165) is 17.4 Å². The number of aryl methyl sites for hydroxylation is 1. The van der Waals surface area contributed by atoms with Crippen LogP contribution in [0.4, 0.5) is 0 Å². The molecular weight excluding hydrogens is 338 g/mol. The lowest BCUT2D eigenvalue weighted by Gasteiger charge is -2.32. The first kappa shape index (κ1) is 17.8. The van der Waals surface area contributed by atoms with Gasteiger partial charge < -0.3 is 4.90 Å². The monoisotopic (exact) mass is 361 g/mol. The minimum absolute atomic E-state index is 0.0217. The maximum atomic E-state index is 13.2. The van der Waals surface area contributed by atoms with Crippen molar-refractivity contribution in [3.63, 3.8) is 0 Å². The van der Waals surface area contributed by atoms with Crippen molar-refractivity contribution in [3.05, 3.63) is 36.0 Å². The van der Waals surface area contributed by atoms with Crippen molar-refractivity contribution in [1.82, 2.24) is 14.2 Å². The Morgan fingerprint density at radius 1 is 1.32 bits per heavy atom. The van der Waals surface area contributed by atoms with Crippen LogP contribution in [0.25, 0.3) is 10.9 Å². The standard InChI is InChI=1S/C18H23N3O3S/c1-13-10-14-6-4-8-16(17(14)19-11-13)25(23,24)21-9-5-7-15(12-21)18(22)20(2)3/h4,6,8,10-11,15H,5,7,9,12H2,1-3H3. The SMILES string of the molecule is Cc1cnc2c(S(=O)(=O)N3CCCC(C(=O)N(C)C)C3)cccc2c1. The maximum Gasteiger partial charge on any atom is 0.245 e. The van der Waals surface area contributed by atoms with Gasteiger partial charge in [0.05, 0.1) is 11.4 Å². The van der Waals surface area contributed by atoms with Crippen LogP contribution in [0.3, 0.4) is 0 Å². The number of benzene rings is 1. The van der Waals surface area contributed by atoms with Crippen LogP contribution in [0.2, 0.25) is 0 Å². The van der Waals surface area contributed by atoms with Crippen molar-refractivity contribution >= 4 is 26.8 Å². The third kappa shape index (κ3) is 3.39. The number of para-hydroxylation sites is 1. The van der Waals surface area contributed by atoms with Crippen LogP contribution in [-0.2, 0) is 14.8 Å². The molecule has 7 heteroatoms. The molecule has 1 unspecified atom stereocenters. The van der Waals surface area contributed by atoms with Crippen LogP contribution in [0, 0.1) is 12.8 Å². The Kier molecular flexibility index (Phi) is 4.79. The Morgan fingerprint density at radius 2 is 2.08 bits per heavy atom. The van der Waals surface area contributed by atoms with Gasteiger partial charge in [-0.3, -0.25) is 9.78 Å². The molecule has 1 saturated heterocycles. The van der Waals surface area contributed by atoms with Gasteiger partial charge in [-0.05, 0) is 37.5 Å². The second-order valence-corrected chi connectivity index (χ2v) is 8.68. The number of amides is 1. The third-order valence-corrected chi connectivity index (χ3v) is 6.50. The van der Waals surface area contributed by atoms with E-state index in [1.807, 2.05) is 19.1 Å². The summed E-state index contributed by atoms with van der Waals surface area (Å²) in [4.78, 5) is 18.3. The van der Waals surface area contributed by atoms with Crippen LogP contribution in [0.15, 0.2) is 35.4 Å². The van der Waals surface area contributed by atoms with Crippen molar-refractivity contribution in [2.45, 2.75) is 24.7 Å². The van der Waals surface area contributed by atoms with Crippen LogP contribution < -0.4 is 0 Å². The summed E-state index contributed by atoms with van der Waals surface area (Å²) in [5.74, 6) is -0.310. The van der Waals surface area contributed by atoms with E-state index in [1.165, 1.54) is 9.21 Å². The van der Waals surface area contributed by atoms with Gasteiger partial charge in [0.2, 0.25) is 15.9 Å². The number of pyridine rings is 1. The van der Waals surface area contributed by atoms with Gasteiger partial charge in [0.1, 0.15) is 4.90 Å². The highest BCUT2D eigenvalue weighted by molar-refractivity contribution is 7.89. The molecule has 0 saturated carbocycles. The highest BCUT2D eigenvalue weighted by Crippen LogP contribution is 2.28. The predicted molar refractivity (Wildman–Crippen MR) is 96.7 cm³/mol. The van der Waals surface area contributed by atoms with Crippen molar-refractivity contribution in [2.75, 3.05) is 27.2 Å². The van der Waals surface area contributed by atoms with E-state index in [2.05, 4.69) is 4.98 Å². The fourth-order valence-electron chi connectivity index (χ4n) is 3.32. The van der Waals surface area contributed by atoms with Crippen LogP contribution >= 0.6 is 0 Å². The lowest BCUT2D eigenvalue weighted by Crippen LogP contribution is -2.45. The number of fused-ring (bicyclic) bond motifs is 1. The first-order valence-electron chi connectivity index (χ1n) is 8.37. The smallest absolute Gasteiger partial charge is 0.245 e. The summed E-state index contributed by atoms with van der Waals surface area (Å²) in [5.41, 5.74) is 1.46. The van der Waals surface area contributed by atoms with Gasteiger partial charge in [-0.15, -0.1) is 0 Å². The molecule has 6 nitrogen and oxygen atoms in total. The van der Waals surface area contributed by atoms with Crippen molar-refractivity contribution in [2.24, 2.45) is 5.92 Å². The lowest BCUT2D eigenvalue weighted by molar-refractivity contribution is -0.134. The molecule has 0 aliphatic carbocycles. The van der Waals surface area contributed by atoms with Gasteiger partial charge in [-0.2, -0.15) is 4.31 Å². The first-order chi connectivity index (χ1) is 11.8. The zero-order chi connectivity index (χ0) is 18.2. The second-order valence-electron chi connectivity index (χ2n) is 6.78. The average Bonchev–Trinajstić information content (AvgIpc) is 2.60. The molecule has 0 radical (unpaired) electrons.